The average Bonchev–Trinajstić information content (AvgIpc) is 3.80. The normalized spacial score (nSPS) is 10.2. The van der Waals surface area contributed by atoms with Gasteiger partial charge in [-0.1, -0.05) is 99.9 Å². The van der Waals surface area contributed by atoms with Gasteiger partial charge in [0.25, 0.3) is 0 Å². The first-order chi connectivity index (χ1) is 23.6. The molecule has 11 heteroatoms. The van der Waals surface area contributed by atoms with Crippen LogP contribution >= 0.6 is 38.6 Å². The average molecular weight is 760 g/mol. The Balaban J connectivity index is 0.000000178. The molecule has 0 bridgehead atoms. The maximum atomic E-state index is 11.1. The Labute approximate surface area is 301 Å². The molecule has 49 heavy (non-hydrogen) atoms. The number of hydrogen-bond donors (Lipinski definition) is 2. The number of aryl methyl sites for hydroxylation is 2. The number of benzene rings is 4. The lowest BCUT2D eigenvalue weighted by Crippen LogP contribution is -2.04. The van der Waals surface area contributed by atoms with E-state index in [1.807, 2.05) is 36.4 Å². The quantitative estimate of drug-likeness (QED) is 0.111. The molecule has 0 unspecified atom stereocenters. The molecule has 2 aromatic heterocycles. The number of thiazole rings is 2. The number of rotatable bonds is 9. The molecule has 252 valence electrons. The van der Waals surface area contributed by atoms with Gasteiger partial charge in [-0.25, -0.2) is 19.6 Å². The number of alkyl halides is 1. The van der Waals surface area contributed by atoms with Gasteiger partial charge in [0.15, 0.2) is 11.4 Å². The molecule has 8 nitrogen and oxygen atoms in total. The van der Waals surface area contributed by atoms with Crippen molar-refractivity contribution in [1.82, 2.24) is 9.97 Å². The zero-order chi connectivity index (χ0) is 35.2. The first-order valence-electron chi connectivity index (χ1n) is 15.2. The highest BCUT2D eigenvalue weighted by molar-refractivity contribution is 9.08. The van der Waals surface area contributed by atoms with Crippen LogP contribution in [-0.4, -0.2) is 38.7 Å². The summed E-state index contributed by atoms with van der Waals surface area (Å²) in [7, 11) is 0. The SMILES string of the molecule is CCOC(=O)c1csc(CBr)n1.Cc1ccc(-c2ccc(O)cc2)cc1.Cc1ccc(-c2ccc(OCc3nc(C(=O)O)cs3)cc2)cc1. The number of aromatic carboxylic acids is 1. The van der Waals surface area contributed by atoms with Crippen LogP contribution in [0.25, 0.3) is 22.3 Å². The fourth-order valence-electron chi connectivity index (χ4n) is 4.18. The van der Waals surface area contributed by atoms with Crippen LogP contribution in [-0.2, 0) is 16.7 Å². The third kappa shape index (κ3) is 11.7. The first-order valence-corrected chi connectivity index (χ1v) is 18.0. The number of esters is 1. The minimum atomic E-state index is -1.02. The molecular weight excluding hydrogens is 724 g/mol. The lowest BCUT2D eigenvalue weighted by molar-refractivity contribution is 0.0519. The van der Waals surface area contributed by atoms with Gasteiger partial charge < -0.3 is 19.7 Å². The van der Waals surface area contributed by atoms with E-state index in [1.54, 1.807) is 24.4 Å². The Kier molecular flexibility index (Phi) is 14.1. The first kappa shape index (κ1) is 37.0. The summed E-state index contributed by atoms with van der Waals surface area (Å²) < 4.78 is 10.4. The lowest BCUT2D eigenvalue weighted by atomic mass is 10.0. The topological polar surface area (TPSA) is 119 Å². The second kappa shape index (κ2) is 18.6. The van der Waals surface area contributed by atoms with Crippen LogP contribution in [0, 0.1) is 13.8 Å². The number of aromatic nitrogens is 2. The fraction of sp³-hybridized carbons (Fsp3) is 0.158. The van der Waals surface area contributed by atoms with Crippen molar-refractivity contribution in [2.45, 2.75) is 32.7 Å². The molecule has 6 rings (SSSR count). The van der Waals surface area contributed by atoms with Crippen LogP contribution in [0.15, 0.2) is 108 Å². The number of carboxylic acids is 1. The molecule has 0 spiro atoms. The molecule has 6 aromatic rings. The predicted octanol–water partition coefficient (Wildman–Crippen LogP) is 9.98. The number of phenolic OH excluding ortho intramolecular Hbond substituents is 1. The minimum Gasteiger partial charge on any atom is -0.508 e. The zero-order valence-electron chi connectivity index (χ0n) is 27.1. The third-order valence-electron chi connectivity index (χ3n) is 6.78. The number of nitrogens with zero attached hydrogens (tertiary/aromatic N) is 2. The number of hydrogen-bond acceptors (Lipinski definition) is 9. The van der Waals surface area contributed by atoms with E-state index in [2.05, 4.69) is 88.3 Å². The summed E-state index contributed by atoms with van der Waals surface area (Å²) in [5, 5.41) is 23.4. The standard InChI is InChI=1S/C18H15NO3S.C13H12O.C7H8BrNO2S/c1-12-2-4-13(5-3-12)14-6-8-15(9-7-14)22-10-17-19-16(11-23-17)18(20)21;1-10-2-4-11(5-3-10)12-6-8-13(14)9-7-12;1-2-11-7(10)5-4-12-6(3-8)9-5/h2-9,11H,10H2,1H3,(H,20,21);2-9,14H,1H3;4H,2-3H2,1H3. The second-order valence-corrected chi connectivity index (χ2v) is 13.0. The number of carbonyl (C=O) groups excluding carboxylic acids is 1. The molecule has 4 aromatic carbocycles. The Morgan fingerprint density at radius 3 is 1.59 bits per heavy atom. The van der Waals surface area contributed by atoms with Crippen molar-refractivity contribution in [3.05, 3.63) is 140 Å². The molecule has 0 radical (unpaired) electrons. The van der Waals surface area contributed by atoms with Crippen molar-refractivity contribution in [2.24, 2.45) is 0 Å². The van der Waals surface area contributed by atoms with E-state index in [9.17, 15) is 9.59 Å². The number of carboxylic acid groups (broad SMARTS) is 1. The maximum absolute atomic E-state index is 11.1. The van der Waals surface area contributed by atoms with Crippen LogP contribution in [0.2, 0.25) is 0 Å². The Hall–Kier alpha value is -4.84. The van der Waals surface area contributed by atoms with Gasteiger partial charge in [-0.05, 0) is 67.3 Å². The van der Waals surface area contributed by atoms with E-state index in [0.29, 0.717) is 28.4 Å². The molecule has 2 heterocycles. The summed E-state index contributed by atoms with van der Waals surface area (Å²) >= 11 is 5.98. The van der Waals surface area contributed by atoms with Crippen LogP contribution in [0.5, 0.6) is 11.5 Å². The molecule has 0 saturated heterocycles. The van der Waals surface area contributed by atoms with Gasteiger partial charge in [-0.3, -0.25) is 0 Å². The number of aromatic hydroxyl groups is 1. The van der Waals surface area contributed by atoms with E-state index in [1.165, 1.54) is 44.7 Å². The molecule has 0 fully saturated rings. The van der Waals surface area contributed by atoms with E-state index < -0.39 is 5.97 Å². The minimum absolute atomic E-state index is 0.0586. The number of halogens is 1. The zero-order valence-corrected chi connectivity index (χ0v) is 30.3. The molecule has 0 aliphatic carbocycles. The Morgan fingerprint density at radius 1 is 0.694 bits per heavy atom. The van der Waals surface area contributed by atoms with E-state index in [4.69, 9.17) is 19.7 Å². The number of ether oxygens (including phenoxy) is 2. The highest BCUT2D eigenvalue weighted by Gasteiger charge is 2.11. The van der Waals surface area contributed by atoms with Crippen molar-refractivity contribution in [1.29, 1.82) is 0 Å². The lowest BCUT2D eigenvalue weighted by Gasteiger charge is -2.06. The smallest absolute Gasteiger partial charge is 0.357 e. The van der Waals surface area contributed by atoms with Crippen molar-refractivity contribution >= 4 is 50.5 Å². The summed E-state index contributed by atoms with van der Waals surface area (Å²) in [5.74, 6) is -0.329. The third-order valence-corrected chi connectivity index (χ3v) is 9.35. The van der Waals surface area contributed by atoms with Crippen molar-refractivity contribution in [3.63, 3.8) is 0 Å². The summed E-state index contributed by atoms with van der Waals surface area (Å²) in [6.07, 6.45) is 0. The van der Waals surface area contributed by atoms with Crippen LogP contribution in [0.3, 0.4) is 0 Å². The molecule has 2 N–H and O–H groups in total. The van der Waals surface area contributed by atoms with Crippen LogP contribution in [0.1, 0.15) is 49.0 Å². The molecule has 0 aliphatic rings. The van der Waals surface area contributed by atoms with E-state index >= 15 is 0 Å². The molecular formula is C38H35BrN2O6S2. The van der Waals surface area contributed by atoms with Crippen LogP contribution in [0.4, 0.5) is 0 Å². The summed E-state index contributed by atoms with van der Waals surface area (Å²) in [6, 6.07) is 31.8. The van der Waals surface area contributed by atoms with Crippen LogP contribution < -0.4 is 4.74 Å². The molecule has 0 aliphatic heterocycles. The monoisotopic (exact) mass is 758 g/mol. The van der Waals surface area contributed by atoms with Gasteiger partial charge >= 0.3 is 11.9 Å². The highest BCUT2D eigenvalue weighted by atomic mass is 79.9. The fourth-order valence-corrected chi connectivity index (χ4v) is 5.99. The summed E-state index contributed by atoms with van der Waals surface area (Å²) in [4.78, 5) is 29.9. The highest BCUT2D eigenvalue weighted by Crippen LogP contribution is 2.24. The number of carbonyl (C=O) groups is 2. The van der Waals surface area contributed by atoms with Gasteiger partial charge in [-0.15, -0.1) is 22.7 Å². The molecule has 0 saturated carbocycles. The summed E-state index contributed by atoms with van der Waals surface area (Å²) in [6.45, 7) is 6.56. The van der Waals surface area contributed by atoms with E-state index in [-0.39, 0.29) is 18.3 Å². The maximum Gasteiger partial charge on any atom is 0.357 e. The van der Waals surface area contributed by atoms with Gasteiger partial charge in [0, 0.05) is 10.8 Å². The van der Waals surface area contributed by atoms with Crippen molar-refractivity contribution in [3.8, 4) is 33.8 Å². The predicted molar refractivity (Wildman–Crippen MR) is 199 cm³/mol. The van der Waals surface area contributed by atoms with Crippen molar-refractivity contribution < 1.29 is 29.3 Å². The Morgan fingerprint density at radius 2 is 1.14 bits per heavy atom. The number of phenols is 1. The molecule has 0 atom stereocenters. The van der Waals surface area contributed by atoms with Gasteiger partial charge in [0.05, 0.1) is 11.9 Å². The van der Waals surface area contributed by atoms with E-state index in [0.717, 1.165) is 27.4 Å². The van der Waals surface area contributed by atoms with Gasteiger partial charge in [0.2, 0.25) is 0 Å². The Bertz CT molecular complexity index is 1880. The van der Waals surface area contributed by atoms with Crippen molar-refractivity contribution in [2.75, 3.05) is 6.61 Å². The second-order valence-electron chi connectivity index (χ2n) is 10.5. The summed E-state index contributed by atoms with van der Waals surface area (Å²) in [5.41, 5.74) is 7.54. The van der Waals surface area contributed by atoms with Gasteiger partial charge in [0.1, 0.15) is 28.1 Å². The van der Waals surface area contributed by atoms with Gasteiger partial charge in [-0.2, -0.15) is 0 Å². The largest absolute Gasteiger partial charge is 0.508 e. The molecule has 0 amide bonds.